The quantitative estimate of drug-likeness (QED) is 0.768. The second kappa shape index (κ2) is 8.19. The summed E-state index contributed by atoms with van der Waals surface area (Å²) in [5.41, 5.74) is 2.37. The summed E-state index contributed by atoms with van der Waals surface area (Å²) in [5.74, 6) is 0.181. The van der Waals surface area contributed by atoms with Gasteiger partial charge in [0.2, 0.25) is 5.91 Å². The van der Waals surface area contributed by atoms with Gasteiger partial charge < -0.3 is 19.6 Å². The first-order valence-electron chi connectivity index (χ1n) is 9.38. The van der Waals surface area contributed by atoms with Crippen molar-refractivity contribution in [1.29, 1.82) is 0 Å². The zero-order valence-electron chi connectivity index (χ0n) is 15.2. The fourth-order valence-corrected chi connectivity index (χ4v) is 4.26. The molecule has 138 valence electrons. The molecule has 2 heterocycles. The van der Waals surface area contributed by atoms with Crippen molar-refractivity contribution in [2.24, 2.45) is 5.41 Å². The first-order chi connectivity index (χ1) is 12.2. The summed E-state index contributed by atoms with van der Waals surface area (Å²) >= 11 is 0. The molecule has 1 atom stereocenters. The molecule has 2 aliphatic rings. The second-order valence-corrected chi connectivity index (χ2v) is 7.47. The van der Waals surface area contributed by atoms with Crippen molar-refractivity contribution in [3.05, 3.63) is 29.8 Å². The van der Waals surface area contributed by atoms with Crippen LogP contribution in [0.25, 0.3) is 0 Å². The molecule has 1 fully saturated rings. The molecule has 0 bridgehead atoms. The number of nitrogens with zero attached hydrogens (tertiary/aromatic N) is 2. The third-order valence-electron chi connectivity index (χ3n) is 5.71. The molecule has 0 spiro atoms. The Morgan fingerprint density at radius 2 is 2.16 bits per heavy atom. The maximum absolute atomic E-state index is 12.9. The molecule has 1 aromatic rings. The lowest BCUT2D eigenvalue weighted by Gasteiger charge is -2.42. The van der Waals surface area contributed by atoms with E-state index in [0.29, 0.717) is 19.7 Å². The molecule has 25 heavy (non-hydrogen) atoms. The van der Waals surface area contributed by atoms with E-state index in [4.69, 9.17) is 4.74 Å². The van der Waals surface area contributed by atoms with Crippen molar-refractivity contribution in [2.45, 2.75) is 32.1 Å². The van der Waals surface area contributed by atoms with Crippen molar-refractivity contribution < 1.29 is 14.6 Å². The van der Waals surface area contributed by atoms with E-state index in [0.717, 1.165) is 45.2 Å². The summed E-state index contributed by atoms with van der Waals surface area (Å²) in [5, 5.41) is 9.97. The van der Waals surface area contributed by atoms with Crippen molar-refractivity contribution in [3.63, 3.8) is 0 Å². The average molecular weight is 346 g/mol. The molecule has 2 aliphatic heterocycles. The largest absolute Gasteiger partial charge is 0.396 e. The molecule has 1 amide bonds. The Kier molecular flexibility index (Phi) is 5.97. The van der Waals surface area contributed by atoms with Crippen LogP contribution in [-0.2, 0) is 16.0 Å². The number of benzene rings is 1. The number of amides is 1. The van der Waals surface area contributed by atoms with Crippen molar-refractivity contribution in [3.8, 4) is 0 Å². The Labute approximate surface area is 150 Å². The number of piperidine rings is 1. The molecule has 1 saturated heterocycles. The number of rotatable bonds is 7. The number of hydrogen-bond donors (Lipinski definition) is 1. The second-order valence-electron chi connectivity index (χ2n) is 7.47. The van der Waals surface area contributed by atoms with E-state index in [9.17, 15) is 9.90 Å². The summed E-state index contributed by atoms with van der Waals surface area (Å²) in [6.07, 6.45) is 4.81. The van der Waals surface area contributed by atoms with Gasteiger partial charge in [-0.15, -0.1) is 0 Å². The normalized spacial score (nSPS) is 23.0. The Hall–Kier alpha value is -1.59. The first-order valence-corrected chi connectivity index (χ1v) is 9.38. The Balaban J connectivity index is 1.60. The third kappa shape index (κ3) is 4.15. The van der Waals surface area contributed by atoms with Crippen LogP contribution in [0.2, 0.25) is 0 Å². The van der Waals surface area contributed by atoms with Gasteiger partial charge in [-0.3, -0.25) is 4.79 Å². The lowest BCUT2D eigenvalue weighted by atomic mass is 9.77. The molecule has 1 aromatic carbocycles. The molecule has 0 saturated carbocycles. The molecule has 1 N–H and O–H groups in total. The van der Waals surface area contributed by atoms with Gasteiger partial charge in [-0.2, -0.15) is 0 Å². The minimum atomic E-state index is -0.157. The molecule has 5 nitrogen and oxygen atoms in total. The SMILES string of the molecule is COCCC[C@]1(CO)CCCN(C(=O)CN2CCc3ccccc32)C1. The van der Waals surface area contributed by atoms with E-state index in [1.165, 1.54) is 11.3 Å². The summed E-state index contributed by atoms with van der Waals surface area (Å²) < 4.78 is 5.15. The van der Waals surface area contributed by atoms with Gasteiger partial charge in [-0.25, -0.2) is 0 Å². The number of para-hydroxylation sites is 1. The molecule has 3 rings (SSSR count). The number of methoxy groups -OCH3 is 1. The molecule has 5 heteroatoms. The minimum absolute atomic E-state index is 0.146. The molecular formula is C20H30N2O3. The number of ether oxygens (including phenoxy) is 1. The predicted octanol–water partition coefficient (Wildman–Crippen LogP) is 2.08. The fraction of sp³-hybridized carbons (Fsp3) is 0.650. The number of anilines is 1. The smallest absolute Gasteiger partial charge is 0.242 e. The Morgan fingerprint density at radius 1 is 1.32 bits per heavy atom. The van der Waals surface area contributed by atoms with Gasteiger partial charge in [-0.05, 0) is 43.7 Å². The van der Waals surface area contributed by atoms with Gasteiger partial charge in [0.25, 0.3) is 0 Å². The molecule has 0 radical (unpaired) electrons. The number of aliphatic hydroxyl groups excluding tert-OH is 1. The first kappa shape index (κ1) is 18.2. The van der Waals surface area contributed by atoms with Gasteiger partial charge in [0.15, 0.2) is 0 Å². The minimum Gasteiger partial charge on any atom is -0.396 e. The summed E-state index contributed by atoms with van der Waals surface area (Å²) in [6.45, 7) is 3.68. The van der Waals surface area contributed by atoms with E-state index >= 15 is 0 Å². The van der Waals surface area contributed by atoms with E-state index in [1.54, 1.807) is 7.11 Å². The Morgan fingerprint density at radius 3 is 2.96 bits per heavy atom. The van der Waals surface area contributed by atoms with Crippen molar-refractivity contribution in [2.75, 3.05) is 51.4 Å². The van der Waals surface area contributed by atoms with Crippen LogP contribution in [0.5, 0.6) is 0 Å². The molecular weight excluding hydrogens is 316 g/mol. The summed E-state index contributed by atoms with van der Waals surface area (Å²) in [7, 11) is 1.70. The Bertz CT molecular complexity index is 592. The number of carbonyl (C=O) groups is 1. The van der Waals surface area contributed by atoms with Crippen LogP contribution in [-0.4, -0.2) is 62.4 Å². The highest BCUT2D eigenvalue weighted by atomic mass is 16.5. The van der Waals surface area contributed by atoms with Crippen LogP contribution in [0, 0.1) is 5.41 Å². The third-order valence-corrected chi connectivity index (χ3v) is 5.71. The lowest BCUT2D eigenvalue weighted by Crippen LogP contribution is -2.50. The zero-order valence-corrected chi connectivity index (χ0v) is 15.2. The zero-order chi connectivity index (χ0) is 17.7. The number of aliphatic hydroxyl groups is 1. The van der Waals surface area contributed by atoms with Gasteiger partial charge in [0.1, 0.15) is 0 Å². The number of fused-ring (bicyclic) bond motifs is 1. The number of carbonyl (C=O) groups excluding carboxylic acids is 1. The van der Waals surface area contributed by atoms with E-state index in [1.807, 2.05) is 11.0 Å². The molecule has 0 unspecified atom stereocenters. The fourth-order valence-electron chi connectivity index (χ4n) is 4.26. The van der Waals surface area contributed by atoms with Gasteiger partial charge in [0.05, 0.1) is 13.2 Å². The predicted molar refractivity (Wildman–Crippen MR) is 98.8 cm³/mol. The average Bonchev–Trinajstić information content (AvgIpc) is 3.05. The van der Waals surface area contributed by atoms with E-state index in [-0.39, 0.29) is 17.9 Å². The van der Waals surface area contributed by atoms with Crippen molar-refractivity contribution >= 4 is 11.6 Å². The molecule has 0 aliphatic carbocycles. The van der Waals surface area contributed by atoms with Gasteiger partial charge in [0, 0.05) is 44.5 Å². The van der Waals surface area contributed by atoms with E-state index < -0.39 is 0 Å². The van der Waals surface area contributed by atoms with Gasteiger partial charge in [-0.1, -0.05) is 18.2 Å². The highest BCUT2D eigenvalue weighted by Crippen LogP contribution is 2.35. The van der Waals surface area contributed by atoms with Crippen LogP contribution < -0.4 is 4.90 Å². The maximum atomic E-state index is 12.9. The highest BCUT2D eigenvalue weighted by molar-refractivity contribution is 5.82. The standard InChI is InChI=1S/C20H30N2O3/c1-25-13-5-10-20(16-23)9-4-11-22(15-20)19(24)14-21-12-8-17-6-2-3-7-18(17)21/h2-3,6-7,23H,4-5,8-16H2,1H3/t20-/m1/s1. The molecule has 0 aromatic heterocycles. The monoisotopic (exact) mass is 346 g/mol. The topological polar surface area (TPSA) is 53.0 Å². The highest BCUT2D eigenvalue weighted by Gasteiger charge is 2.36. The van der Waals surface area contributed by atoms with Crippen LogP contribution >= 0.6 is 0 Å². The van der Waals surface area contributed by atoms with Gasteiger partial charge >= 0.3 is 0 Å². The lowest BCUT2D eigenvalue weighted by molar-refractivity contribution is -0.134. The summed E-state index contributed by atoms with van der Waals surface area (Å²) in [6, 6.07) is 8.35. The number of likely N-dealkylation sites (tertiary alicyclic amines) is 1. The summed E-state index contributed by atoms with van der Waals surface area (Å²) in [4.78, 5) is 17.0. The van der Waals surface area contributed by atoms with E-state index in [2.05, 4.69) is 23.1 Å². The maximum Gasteiger partial charge on any atom is 0.242 e. The van der Waals surface area contributed by atoms with Crippen LogP contribution in [0.15, 0.2) is 24.3 Å². The van der Waals surface area contributed by atoms with Crippen molar-refractivity contribution in [1.82, 2.24) is 4.90 Å². The van der Waals surface area contributed by atoms with Crippen LogP contribution in [0.4, 0.5) is 5.69 Å². The van der Waals surface area contributed by atoms with Crippen LogP contribution in [0.1, 0.15) is 31.2 Å². The number of hydrogen-bond acceptors (Lipinski definition) is 4. The van der Waals surface area contributed by atoms with Crippen LogP contribution in [0.3, 0.4) is 0 Å².